The first-order valence-electron chi connectivity index (χ1n) is 9.71. The van der Waals surface area contributed by atoms with Crippen LogP contribution in [-0.4, -0.2) is 61.0 Å². The molecule has 2 N–H and O–H groups in total. The smallest absolute Gasteiger partial charge is 0.189 e. The van der Waals surface area contributed by atoms with Crippen molar-refractivity contribution in [1.82, 2.24) is 5.32 Å². The summed E-state index contributed by atoms with van der Waals surface area (Å²) in [5.41, 5.74) is 0.769. The quantitative estimate of drug-likeness (QED) is 0.708. The summed E-state index contributed by atoms with van der Waals surface area (Å²) < 4.78 is 35.3. The molecule has 3 saturated heterocycles. The maximum Gasteiger partial charge on any atom is 0.189 e. The van der Waals surface area contributed by atoms with Gasteiger partial charge < -0.3 is 39.1 Å². The third kappa shape index (κ3) is 4.35. The molecule has 3 aliphatic rings. The van der Waals surface area contributed by atoms with Crippen LogP contribution in [0.5, 0.6) is 5.75 Å². The third-order valence-corrected chi connectivity index (χ3v) is 5.36. The molecule has 0 aromatic heterocycles. The standard InChI is InChI=1S/C20H28N2O6S/c1-19(2)24-10-13(26-19)15-14(16-17(25-15)28-20(3,4)27-16)22-18(29)21-11-8-6-7-9-12(11)23-5/h6-9,13-17H,10H2,1-5H3,(H2,21,22,29)/t13-,14-,15-,16-,17-/m1/s1. The Bertz CT molecular complexity index is 773. The van der Waals surface area contributed by atoms with Crippen LogP contribution in [0.25, 0.3) is 0 Å². The molecule has 4 rings (SSSR count). The van der Waals surface area contributed by atoms with Gasteiger partial charge in [0.15, 0.2) is 23.0 Å². The van der Waals surface area contributed by atoms with E-state index in [1.807, 2.05) is 52.0 Å². The average Bonchev–Trinajstić information content (AvgIpc) is 3.25. The van der Waals surface area contributed by atoms with E-state index < -0.39 is 17.9 Å². The van der Waals surface area contributed by atoms with Gasteiger partial charge in [-0.2, -0.15) is 0 Å². The van der Waals surface area contributed by atoms with Gasteiger partial charge in [0.2, 0.25) is 0 Å². The fourth-order valence-corrected chi connectivity index (χ4v) is 4.20. The number of rotatable bonds is 4. The lowest BCUT2D eigenvalue weighted by molar-refractivity contribution is -0.223. The molecule has 3 fully saturated rings. The number of ether oxygens (including phenoxy) is 6. The van der Waals surface area contributed by atoms with Gasteiger partial charge in [0.25, 0.3) is 0 Å². The van der Waals surface area contributed by atoms with Crippen LogP contribution >= 0.6 is 12.2 Å². The molecular formula is C20H28N2O6S. The highest BCUT2D eigenvalue weighted by molar-refractivity contribution is 7.80. The molecule has 9 heteroatoms. The highest BCUT2D eigenvalue weighted by atomic mass is 32.1. The number of benzene rings is 1. The van der Waals surface area contributed by atoms with Crippen LogP contribution in [0.1, 0.15) is 27.7 Å². The van der Waals surface area contributed by atoms with E-state index in [0.29, 0.717) is 17.5 Å². The molecule has 0 saturated carbocycles. The third-order valence-electron chi connectivity index (χ3n) is 5.14. The van der Waals surface area contributed by atoms with Crippen molar-refractivity contribution in [2.75, 3.05) is 19.0 Å². The van der Waals surface area contributed by atoms with Gasteiger partial charge in [0.05, 0.1) is 25.4 Å². The van der Waals surface area contributed by atoms with Gasteiger partial charge in [-0.05, 0) is 52.0 Å². The van der Waals surface area contributed by atoms with Crippen molar-refractivity contribution in [3.63, 3.8) is 0 Å². The summed E-state index contributed by atoms with van der Waals surface area (Å²) in [4.78, 5) is 0. The average molecular weight is 425 g/mol. The zero-order chi connectivity index (χ0) is 20.8. The molecule has 3 heterocycles. The Balaban J connectivity index is 1.50. The molecule has 160 valence electrons. The van der Waals surface area contributed by atoms with Gasteiger partial charge >= 0.3 is 0 Å². The van der Waals surface area contributed by atoms with Crippen LogP contribution in [0.15, 0.2) is 24.3 Å². The van der Waals surface area contributed by atoms with Crippen molar-refractivity contribution < 1.29 is 28.4 Å². The summed E-state index contributed by atoms with van der Waals surface area (Å²) in [6.07, 6.45) is -1.45. The zero-order valence-electron chi connectivity index (χ0n) is 17.3. The lowest BCUT2D eigenvalue weighted by Gasteiger charge is -2.30. The number of hydrogen-bond donors (Lipinski definition) is 2. The molecule has 3 aliphatic heterocycles. The Kier molecular flexibility index (Phi) is 5.47. The molecule has 1 aromatic rings. The zero-order valence-corrected chi connectivity index (χ0v) is 18.1. The number of thiocarbonyl (C=S) groups is 1. The summed E-state index contributed by atoms with van der Waals surface area (Å²) in [5.74, 6) is -0.692. The van der Waals surface area contributed by atoms with Gasteiger partial charge in [-0.15, -0.1) is 0 Å². The highest BCUT2D eigenvalue weighted by Gasteiger charge is 2.58. The predicted octanol–water partition coefficient (Wildman–Crippen LogP) is 2.38. The van der Waals surface area contributed by atoms with Crippen molar-refractivity contribution in [3.8, 4) is 5.75 Å². The number of fused-ring (bicyclic) bond motifs is 1. The van der Waals surface area contributed by atoms with Crippen molar-refractivity contribution in [2.24, 2.45) is 0 Å². The molecule has 29 heavy (non-hydrogen) atoms. The maximum absolute atomic E-state index is 6.18. The molecule has 0 aliphatic carbocycles. The van der Waals surface area contributed by atoms with E-state index in [1.165, 1.54) is 0 Å². The van der Waals surface area contributed by atoms with Crippen molar-refractivity contribution in [3.05, 3.63) is 24.3 Å². The van der Waals surface area contributed by atoms with E-state index in [-0.39, 0.29) is 24.4 Å². The molecular weight excluding hydrogens is 396 g/mol. The number of hydrogen-bond acceptors (Lipinski definition) is 7. The van der Waals surface area contributed by atoms with E-state index >= 15 is 0 Å². The fraction of sp³-hybridized carbons (Fsp3) is 0.650. The Morgan fingerprint density at radius 2 is 1.83 bits per heavy atom. The lowest BCUT2D eigenvalue weighted by Crippen LogP contribution is -2.53. The number of para-hydroxylation sites is 2. The van der Waals surface area contributed by atoms with Crippen LogP contribution in [0.3, 0.4) is 0 Å². The summed E-state index contributed by atoms with van der Waals surface area (Å²) in [5, 5.41) is 6.96. The van der Waals surface area contributed by atoms with Crippen molar-refractivity contribution >= 4 is 23.0 Å². The second kappa shape index (κ2) is 7.64. The molecule has 0 spiro atoms. The van der Waals surface area contributed by atoms with Gasteiger partial charge in [0, 0.05) is 0 Å². The minimum Gasteiger partial charge on any atom is -0.495 e. The Morgan fingerprint density at radius 3 is 2.52 bits per heavy atom. The Labute approximate surface area is 176 Å². The van der Waals surface area contributed by atoms with Gasteiger partial charge in [-0.1, -0.05) is 12.1 Å². The molecule has 8 nitrogen and oxygen atoms in total. The first-order valence-corrected chi connectivity index (χ1v) is 10.1. The number of methoxy groups -OCH3 is 1. The lowest BCUT2D eigenvalue weighted by atomic mass is 10.0. The summed E-state index contributed by atoms with van der Waals surface area (Å²) >= 11 is 5.57. The van der Waals surface area contributed by atoms with Crippen molar-refractivity contribution in [2.45, 2.75) is 69.9 Å². The summed E-state index contributed by atoms with van der Waals surface area (Å²) in [6, 6.07) is 7.29. The first-order chi connectivity index (χ1) is 13.7. The maximum atomic E-state index is 6.18. The predicted molar refractivity (Wildman–Crippen MR) is 110 cm³/mol. The number of nitrogens with one attached hydrogen (secondary N) is 2. The van der Waals surface area contributed by atoms with E-state index in [4.69, 9.17) is 40.6 Å². The van der Waals surface area contributed by atoms with Gasteiger partial charge in [-0.3, -0.25) is 0 Å². The second-order valence-electron chi connectivity index (χ2n) is 8.26. The molecule has 1 aromatic carbocycles. The van der Waals surface area contributed by atoms with E-state index in [2.05, 4.69) is 10.6 Å². The SMILES string of the molecule is COc1ccccc1NC(=S)N[C@H]1[C@H]2OC(C)(C)O[C@H]2O[C@@H]1[C@H]1COC(C)(C)O1. The molecule has 0 amide bonds. The molecule has 0 radical (unpaired) electrons. The van der Waals surface area contributed by atoms with Crippen LogP contribution in [0.4, 0.5) is 5.69 Å². The second-order valence-corrected chi connectivity index (χ2v) is 8.67. The van der Waals surface area contributed by atoms with Crippen LogP contribution in [0, 0.1) is 0 Å². The molecule has 5 atom stereocenters. The number of anilines is 1. The Hall–Kier alpha value is -1.49. The van der Waals surface area contributed by atoms with Gasteiger partial charge in [-0.25, -0.2) is 0 Å². The highest BCUT2D eigenvalue weighted by Crippen LogP contribution is 2.40. The van der Waals surface area contributed by atoms with Crippen molar-refractivity contribution in [1.29, 1.82) is 0 Å². The minimum atomic E-state index is -0.732. The van der Waals surface area contributed by atoms with Crippen LogP contribution < -0.4 is 15.4 Å². The molecule has 0 unspecified atom stereocenters. The Morgan fingerprint density at radius 1 is 1.07 bits per heavy atom. The fourth-order valence-electron chi connectivity index (χ4n) is 3.95. The normalized spacial score (nSPS) is 34.6. The monoisotopic (exact) mass is 424 g/mol. The van der Waals surface area contributed by atoms with E-state index in [9.17, 15) is 0 Å². The largest absolute Gasteiger partial charge is 0.495 e. The first kappa shape index (κ1) is 20.8. The summed E-state index contributed by atoms with van der Waals surface area (Å²) in [6.45, 7) is 7.92. The van der Waals surface area contributed by atoms with Gasteiger partial charge in [0.1, 0.15) is 24.1 Å². The topological polar surface area (TPSA) is 79.4 Å². The summed E-state index contributed by atoms with van der Waals surface area (Å²) in [7, 11) is 1.62. The van der Waals surface area contributed by atoms with E-state index in [1.54, 1.807) is 7.11 Å². The van der Waals surface area contributed by atoms with Crippen LogP contribution in [0.2, 0.25) is 0 Å². The van der Waals surface area contributed by atoms with Crippen LogP contribution in [-0.2, 0) is 23.7 Å². The van der Waals surface area contributed by atoms with E-state index in [0.717, 1.165) is 5.69 Å². The molecule has 0 bridgehead atoms. The minimum absolute atomic E-state index is 0.266.